The molecule has 0 atom stereocenters. The smallest absolute Gasteiger partial charge is 0.322 e. The number of ether oxygens (including phenoxy) is 3. The highest BCUT2D eigenvalue weighted by molar-refractivity contribution is 5.92. The quantitative estimate of drug-likeness (QED) is 0.457. The van der Waals surface area contributed by atoms with E-state index in [9.17, 15) is 9.59 Å². The molecule has 0 aromatic heterocycles. The lowest BCUT2D eigenvalue weighted by Crippen LogP contribution is -2.19. The Bertz CT molecular complexity index is 730. The highest BCUT2D eigenvalue weighted by atomic mass is 16.5. The molecule has 0 N–H and O–H groups in total. The summed E-state index contributed by atoms with van der Waals surface area (Å²) in [5.41, 5.74) is 2.00. The van der Waals surface area contributed by atoms with E-state index in [0.717, 1.165) is 16.9 Å². The van der Waals surface area contributed by atoms with Crippen molar-refractivity contribution in [2.24, 2.45) is 0 Å². The molecule has 0 unspecified atom stereocenters. The Labute approximate surface area is 147 Å². The van der Waals surface area contributed by atoms with Crippen LogP contribution in [0.3, 0.4) is 0 Å². The first-order valence-corrected chi connectivity index (χ1v) is 7.89. The number of carbonyl (C=O) groups is 2. The number of carbonyl (C=O) groups excluding carboxylic acids is 2. The molecule has 2 rings (SSSR count). The van der Waals surface area contributed by atoms with E-state index >= 15 is 0 Å². The van der Waals surface area contributed by atoms with E-state index in [-0.39, 0.29) is 5.41 Å². The van der Waals surface area contributed by atoms with Crippen LogP contribution in [0.25, 0.3) is 0 Å². The van der Waals surface area contributed by atoms with Crippen molar-refractivity contribution in [1.29, 1.82) is 0 Å². The maximum absolute atomic E-state index is 11.6. The summed E-state index contributed by atoms with van der Waals surface area (Å²) in [7, 11) is 2.87. The summed E-state index contributed by atoms with van der Waals surface area (Å²) in [6.45, 7) is 4.24. The van der Waals surface area contributed by atoms with Crippen LogP contribution in [-0.4, -0.2) is 26.2 Å². The molecule has 0 fully saturated rings. The minimum Gasteiger partial charge on any atom is -0.497 e. The molecule has 0 aliphatic rings. The van der Waals surface area contributed by atoms with Crippen molar-refractivity contribution in [2.45, 2.75) is 25.7 Å². The van der Waals surface area contributed by atoms with Crippen LogP contribution in [0, 0.1) is 0 Å². The Morgan fingerprint density at radius 2 is 1.28 bits per heavy atom. The van der Waals surface area contributed by atoms with E-state index in [4.69, 9.17) is 9.47 Å². The van der Waals surface area contributed by atoms with Gasteiger partial charge in [-0.15, -0.1) is 0 Å². The molecule has 0 spiro atoms. The topological polar surface area (TPSA) is 61.8 Å². The van der Waals surface area contributed by atoms with Crippen LogP contribution in [0.5, 0.6) is 11.5 Å². The van der Waals surface area contributed by atoms with E-state index < -0.39 is 18.4 Å². The summed E-state index contributed by atoms with van der Waals surface area (Å²) in [5.74, 6) is -0.0631. The van der Waals surface area contributed by atoms with Crippen LogP contribution in [0.15, 0.2) is 48.5 Å². The molecule has 2 aromatic rings. The molecule has 5 nitrogen and oxygen atoms in total. The van der Waals surface area contributed by atoms with Gasteiger partial charge < -0.3 is 14.2 Å². The zero-order chi connectivity index (χ0) is 18.4. The van der Waals surface area contributed by atoms with E-state index in [2.05, 4.69) is 18.6 Å². The van der Waals surface area contributed by atoms with Gasteiger partial charge in [0.1, 0.15) is 17.9 Å². The number of benzene rings is 2. The Balaban J connectivity index is 2.12. The van der Waals surface area contributed by atoms with E-state index in [1.54, 1.807) is 19.2 Å². The van der Waals surface area contributed by atoms with Crippen LogP contribution in [0.1, 0.15) is 31.4 Å². The molecule has 0 aliphatic carbocycles. The zero-order valence-electron chi connectivity index (χ0n) is 14.9. The van der Waals surface area contributed by atoms with Gasteiger partial charge in [0, 0.05) is 5.41 Å². The average molecular weight is 342 g/mol. The first-order valence-electron chi connectivity index (χ1n) is 7.89. The van der Waals surface area contributed by atoms with Crippen LogP contribution in [-0.2, 0) is 19.7 Å². The molecular weight excluding hydrogens is 320 g/mol. The molecule has 0 amide bonds. The summed E-state index contributed by atoms with van der Waals surface area (Å²) < 4.78 is 14.8. The Morgan fingerprint density at radius 3 is 1.72 bits per heavy atom. The van der Waals surface area contributed by atoms with Gasteiger partial charge in [0.25, 0.3) is 0 Å². The lowest BCUT2D eigenvalue weighted by Gasteiger charge is -2.26. The second kappa shape index (κ2) is 7.83. The minimum absolute atomic E-state index is 0.221. The molecule has 0 saturated heterocycles. The molecule has 0 radical (unpaired) electrons. The highest BCUT2D eigenvalue weighted by Gasteiger charge is 2.23. The van der Waals surface area contributed by atoms with Gasteiger partial charge in [0.05, 0.1) is 14.2 Å². The van der Waals surface area contributed by atoms with Crippen molar-refractivity contribution in [1.82, 2.24) is 0 Å². The number of hydrogen-bond donors (Lipinski definition) is 0. The summed E-state index contributed by atoms with van der Waals surface area (Å²) in [6, 6.07) is 15.2. The zero-order valence-corrected chi connectivity index (χ0v) is 14.9. The van der Waals surface area contributed by atoms with Gasteiger partial charge in [-0.2, -0.15) is 0 Å². The molecule has 25 heavy (non-hydrogen) atoms. The molecule has 5 heteroatoms. The number of hydrogen-bond acceptors (Lipinski definition) is 5. The van der Waals surface area contributed by atoms with Crippen LogP contribution in [0.4, 0.5) is 0 Å². The molecule has 132 valence electrons. The second-order valence-corrected chi connectivity index (χ2v) is 6.10. The van der Waals surface area contributed by atoms with Crippen LogP contribution >= 0.6 is 0 Å². The van der Waals surface area contributed by atoms with Gasteiger partial charge in [-0.1, -0.05) is 38.1 Å². The Kier molecular flexibility index (Phi) is 5.80. The van der Waals surface area contributed by atoms with E-state index in [0.29, 0.717) is 5.75 Å². The monoisotopic (exact) mass is 342 g/mol. The SMILES string of the molecule is COC(=O)CC(=O)Oc1ccc(C(C)(C)c2ccc(OC)cc2)cc1. The first kappa shape index (κ1) is 18.5. The summed E-state index contributed by atoms with van der Waals surface area (Å²) in [5, 5.41) is 0. The normalized spacial score (nSPS) is 10.9. The predicted molar refractivity (Wildman–Crippen MR) is 93.8 cm³/mol. The highest BCUT2D eigenvalue weighted by Crippen LogP contribution is 2.33. The van der Waals surface area contributed by atoms with Gasteiger partial charge in [-0.3, -0.25) is 9.59 Å². The minimum atomic E-state index is -0.644. The van der Waals surface area contributed by atoms with Crippen molar-refractivity contribution < 1.29 is 23.8 Å². The Morgan fingerprint density at radius 1 is 0.800 bits per heavy atom. The Hall–Kier alpha value is -2.82. The van der Waals surface area contributed by atoms with Crippen molar-refractivity contribution in [2.75, 3.05) is 14.2 Å². The standard InChI is InChI=1S/C20H22O5/c1-20(2,14-5-9-16(23-3)10-6-14)15-7-11-17(12-8-15)25-19(22)13-18(21)24-4/h5-12H,13H2,1-4H3. The average Bonchev–Trinajstić information content (AvgIpc) is 2.62. The summed E-state index contributed by atoms with van der Waals surface area (Å²) in [4.78, 5) is 22.7. The van der Waals surface area contributed by atoms with Gasteiger partial charge >= 0.3 is 11.9 Å². The van der Waals surface area contributed by atoms with Crippen molar-refractivity contribution in [3.05, 3.63) is 59.7 Å². The number of esters is 2. The van der Waals surface area contributed by atoms with Crippen molar-refractivity contribution in [3.63, 3.8) is 0 Å². The molecule has 0 aliphatic heterocycles. The lowest BCUT2D eigenvalue weighted by atomic mass is 9.78. The van der Waals surface area contributed by atoms with Gasteiger partial charge in [0.15, 0.2) is 0 Å². The third-order valence-corrected chi connectivity index (χ3v) is 4.14. The lowest BCUT2D eigenvalue weighted by molar-refractivity contribution is -0.148. The maximum Gasteiger partial charge on any atom is 0.322 e. The molecule has 2 aromatic carbocycles. The van der Waals surface area contributed by atoms with E-state index in [1.165, 1.54) is 7.11 Å². The molecule has 0 saturated carbocycles. The molecule has 0 heterocycles. The van der Waals surface area contributed by atoms with Crippen molar-refractivity contribution in [3.8, 4) is 11.5 Å². The number of methoxy groups -OCH3 is 2. The molecular formula is C20H22O5. The van der Waals surface area contributed by atoms with Gasteiger partial charge in [-0.05, 0) is 35.4 Å². The van der Waals surface area contributed by atoms with Gasteiger partial charge in [0.2, 0.25) is 0 Å². The van der Waals surface area contributed by atoms with Crippen LogP contribution in [0.2, 0.25) is 0 Å². The fourth-order valence-electron chi connectivity index (χ4n) is 2.47. The first-order chi connectivity index (χ1) is 11.9. The number of rotatable bonds is 6. The van der Waals surface area contributed by atoms with Crippen LogP contribution < -0.4 is 9.47 Å². The fraction of sp³-hybridized carbons (Fsp3) is 0.300. The third kappa shape index (κ3) is 4.59. The summed E-state index contributed by atoms with van der Waals surface area (Å²) in [6.07, 6.45) is -0.407. The largest absolute Gasteiger partial charge is 0.497 e. The van der Waals surface area contributed by atoms with E-state index in [1.807, 2.05) is 36.4 Å². The fourth-order valence-corrected chi connectivity index (χ4v) is 2.47. The third-order valence-electron chi connectivity index (χ3n) is 4.14. The molecule has 0 bridgehead atoms. The predicted octanol–water partition coefficient (Wildman–Crippen LogP) is 3.49. The second-order valence-electron chi connectivity index (χ2n) is 6.10. The van der Waals surface area contributed by atoms with Gasteiger partial charge in [-0.25, -0.2) is 0 Å². The van der Waals surface area contributed by atoms with Crippen molar-refractivity contribution >= 4 is 11.9 Å². The summed E-state index contributed by atoms with van der Waals surface area (Å²) >= 11 is 0. The maximum atomic E-state index is 11.6.